The molecule has 0 aliphatic rings. The number of sulfone groups is 1. The summed E-state index contributed by atoms with van der Waals surface area (Å²) in [5.74, 6) is 0.535. The average Bonchev–Trinajstić information content (AvgIpc) is 2.87. The van der Waals surface area contributed by atoms with E-state index in [0.29, 0.717) is 5.82 Å². The summed E-state index contributed by atoms with van der Waals surface area (Å²) >= 11 is 0. The van der Waals surface area contributed by atoms with E-state index in [1.807, 2.05) is 20.8 Å². The van der Waals surface area contributed by atoms with Crippen LogP contribution in [0.15, 0.2) is 33.7 Å². The highest BCUT2D eigenvalue weighted by atomic mass is 32.2. The van der Waals surface area contributed by atoms with Gasteiger partial charge in [-0.1, -0.05) is 25.9 Å². The summed E-state index contributed by atoms with van der Waals surface area (Å²) in [6, 6.07) is 5.35. The molecule has 1 aromatic carbocycles. The highest BCUT2D eigenvalue weighted by molar-refractivity contribution is 7.91. The third-order valence-corrected chi connectivity index (χ3v) is 5.15. The second-order valence-corrected chi connectivity index (χ2v) is 8.16. The molecule has 0 spiro atoms. The van der Waals surface area contributed by atoms with Gasteiger partial charge in [0.1, 0.15) is 11.0 Å². The van der Waals surface area contributed by atoms with Gasteiger partial charge in [-0.05, 0) is 31.2 Å². The van der Waals surface area contributed by atoms with Crippen LogP contribution in [0, 0.1) is 0 Å². The molecule has 1 aromatic heterocycles. The van der Waals surface area contributed by atoms with Gasteiger partial charge >= 0.3 is 0 Å². The van der Waals surface area contributed by atoms with Gasteiger partial charge in [0.2, 0.25) is 5.89 Å². The van der Waals surface area contributed by atoms with Crippen molar-refractivity contribution < 1.29 is 18.0 Å². The predicted molar refractivity (Wildman–Crippen MR) is 76.7 cm³/mol. The van der Waals surface area contributed by atoms with Gasteiger partial charge in [-0.3, -0.25) is 0 Å². The van der Waals surface area contributed by atoms with Crippen molar-refractivity contribution in [2.75, 3.05) is 0 Å². The molecule has 2 aromatic rings. The normalized spacial score (nSPS) is 14.1. The Kier molecular flexibility index (Phi) is 3.79. The summed E-state index contributed by atoms with van der Waals surface area (Å²) in [5, 5.41) is 12.1. The van der Waals surface area contributed by atoms with Crippen LogP contribution < -0.4 is 0 Å². The minimum atomic E-state index is -3.65. The molecule has 21 heavy (non-hydrogen) atoms. The molecule has 0 aliphatic heterocycles. The SMILES string of the molecule is C[C@H](c1nc(C(C)(C)C)no1)S(=O)(=O)c1ccc(O)cc1. The van der Waals surface area contributed by atoms with Crippen molar-refractivity contribution in [2.24, 2.45) is 0 Å². The molecule has 0 saturated heterocycles. The van der Waals surface area contributed by atoms with Crippen LogP contribution in [0.2, 0.25) is 0 Å². The van der Waals surface area contributed by atoms with Gasteiger partial charge in [-0.25, -0.2) is 8.42 Å². The van der Waals surface area contributed by atoms with E-state index >= 15 is 0 Å². The Bertz CT molecular complexity index is 727. The lowest BCUT2D eigenvalue weighted by Crippen LogP contribution is -2.15. The number of hydrogen-bond donors (Lipinski definition) is 1. The molecule has 114 valence electrons. The number of aromatic hydroxyl groups is 1. The minimum Gasteiger partial charge on any atom is -0.508 e. The Morgan fingerprint density at radius 1 is 1.19 bits per heavy atom. The number of aromatic nitrogens is 2. The van der Waals surface area contributed by atoms with Crippen LogP contribution in [0.25, 0.3) is 0 Å². The highest BCUT2D eigenvalue weighted by Crippen LogP contribution is 2.29. The minimum absolute atomic E-state index is 0.00871. The number of rotatable bonds is 3. The second kappa shape index (κ2) is 5.14. The van der Waals surface area contributed by atoms with E-state index in [1.165, 1.54) is 31.2 Å². The molecule has 0 aliphatic carbocycles. The standard InChI is InChI=1S/C14H18N2O4S/c1-9(12-15-13(16-20-12)14(2,3)4)21(18,19)11-7-5-10(17)6-8-11/h5-9,17H,1-4H3/t9-/m1/s1. The molecular weight excluding hydrogens is 292 g/mol. The lowest BCUT2D eigenvalue weighted by molar-refractivity contribution is 0.361. The highest BCUT2D eigenvalue weighted by Gasteiger charge is 2.31. The number of phenolic OH excluding ortho intramolecular Hbond substituents is 1. The second-order valence-electron chi connectivity index (χ2n) is 5.89. The van der Waals surface area contributed by atoms with E-state index in [4.69, 9.17) is 4.52 Å². The molecule has 1 heterocycles. The third-order valence-electron chi connectivity index (χ3n) is 3.09. The molecule has 2 rings (SSSR count). The zero-order valence-corrected chi connectivity index (χ0v) is 13.2. The Balaban J connectivity index is 2.36. The first-order valence-electron chi connectivity index (χ1n) is 6.49. The van der Waals surface area contributed by atoms with Gasteiger partial charge in [0, 0.05) is 5.41 Å². The average molecular weight is 310 g/mol. The first-order chi connectivity index (χ1) is 9.62. The molecule has 6 nitrogen and oxygen atoms in total. The fourth-order valence-corrected chi connectivity index (χ4v) is 2.96. The number of benzene rings is 1. The zero-order chi connectivity index (χ0) is 15.8. The molecule has 0 fully saturated rings. The Morgan fingerprint density at radius 3 is 2.24 bits per heavy atom. The van der Waals surface area contributed by atoms with E-state index in [0.717, 1.165) is 0 Å². The van der Waals surface area contributed by atoms with Crippen molar-refractivity contribution in [3.63, 3.8) is 0 Å². The van der Waals surface area contributed by atoms with Gasteiger partial charge in [-0.15, -0.1) is 0 Å². The Morgan fingerprint density at radius 2 is 1.76 bits per heavy atom. The predicted octanol–water partition coefficient (Wildman–Crippen LogP) is 2.61. The molecule has 0 amide bonds. The maximum absolute atomic E-state index is 12.5. The van der Waals surface area contributed by atoms with Crippen LogP contribution in [0.5, 0.6) is 5.75 Å². The van der Waals surface area contributed by atoms with Gasteiger partial charge < -0.3 is 9.63 Å². The van der Waals surface area contributed by atoms with E-state index < -0.39 is 15.1 Å². The summed E-state index contributed by atoms with van der Waals surface area (Å²) in [6.45, 7) is 7.25. The number of hydrogen-bond acceptors (Lipinski definition) is 6. The molecule has 0 unspecified atom stereocenters. The molecule has 0 saturated carbocycles. The lowest BCUT2D eigenvalue weighted by Gasteiger charge is -2.11. The summed E-state index contributed by atoms with van der Waals surface area (Å²) < 4.78 is 30.1. The molecule has 0 bridgehead atoms. The van der Waals surface area contributed by atoms with Gasteiger partial charge in [0.25, 0.3) is 0 Å². The van der Waals surface area contributed by atoms with Crippen molar-refractivity contribution in [1.29, 1.82) is 0 Å². The zero-order valence-electron chi connectivity index (χ0n) is 12.4. The number of phenols is 1. The first-order valence-corrected chi connectivity index (χ1v) is 8.04. The van der Waals surface area contributed by atoms with Crippen molar-refractivity contribution in [1.82, 2.24) is 10.1 Å². The topological polar surface area (TPSA) is 93.3 Å². The molecular formula is C14H18N2O4S. The van der Waals surface area contributed by atoms with Crippen molar-refractivity contribution in [3.8, 4) is 5.75 Å². The van der Waals surface area contributed by atoms with Crippen LogP contribution in [0.1, 0.15) is 44.7 Å². The monoisotopic (exact) mass is 310 g/mol. The summed E-state index contributed by atoms with van der Waals surface area (Å²) in [4.78, 5) is 4.28. The maximum atomic E-state index is 12.5. The van der Waals surface area contributed by atoms with Crippen LogP contribution in [0.3, 0.4) is 0 Å². The van der Waals surface area contributed by atoms with Gasteiger partial charge in [0.05, 0.1) is 4.90 Å². The van der Waals surface area contributed by atoms with Crippen molar-refractivity contribution >= 4 is 9.84 Å². The molecule has 1 N–H and O–H groups in total. The van der Waals surface area contributed by atoms with E-state index in [2.05, 4.69) is 10.1 Å². The fourth-order valence-electron chi connectivity index (χ4n) is 1.68. The van der Waals surface area contributed by atoms with Crippen LogP contribution in [-0.2, 0) is 15.3 Å². The van der Waals surface area contributed by atoms with Gasteiger partial charge in [0.15, 0.2) is 15.7 Å². The fraction of sp³-hybridized carbons (Fsp3) is 0.429. The Hall–Kier alpha value is -1.89. The summed E-state index contributed by atoms with van der Waals surface area (Å²) in [6.07, 6.45) is 0. The van der Waals surface area contributed by atoms with Gasteiger partial charge in [-0.2, -0.15) is 4.98 Å². The van der Waals surface area contributed by atoms with E-state index in [9.17, 15) is 13.5 Å². The Labute approximate surface area is 123 Å². The summed E-state index contributed by atoms with van der Waals surface area (Å²) in [7, 11) is -3.65. The van der Waals surface area contributed by atoms with Crippen molar-refractivity contribution in [2.45, 2.75) is 43.3 Å². The van der Waals surface area contributed by atoms with E-state index in [-0.39, 0.29) is 22.0 Å². The van der Waals surface area contributed by atoms with Crippen LogP contribution >= 0.6 is 0 Å². The van der Waals surface area contributed by atoms with Crippen molar-refractivity contribution in [3.05, 3.63) is 36.0 Å². The van der Waals surface area contributed by atoms with Crippen LogP contribution in [-0.4, -0.2) is 23.7 Å². The molecule has 0 radical (unpaired) electrons. The molecule has 7 heteroatoms. The maximum Gasteiger partial charge on any atom is 0.245 e. The smallest absolute Gasteiger partial charge is 0.245 e. The number of nitrogens with zero attached hydrogens (tertiary/aromatic N) is 2. The van der Waals surface area contributed by atoms with Crippen LogP contribution in [0.4, 0.5) is 0 Å². The lowest BCUT2D eigenvalue weighted by atomic mass is 9.96. The quantitative estimate of drug-likeness (QED) is 0.936. The molecule has 1 atom stereocenters. The van der Waals surface area contributed by atoms with E-state index in [1.54, 1.807) is 0 Å². The summed E-state index contributed by atoms with van der Waals surface area (Å²) in [5.41, 5.74) is -0.316. The first kappa shape index (κ1) is 15.5. The third kappa shape index (κ3) is 3.07. The largest absolute Gasteiger partial charge is 0.508 e.